The fraction of sp³-hybridized carbons (Fsp3) is 0.381. The van der Waals surface area contributed by atoms with Crippen LogP contribution in [0, 0.1) is 10.1 Å². The predicted molar refractivity (Wildman–Crippen MR) is 115 cm³/mol. The van der Waals surface area contributed by atoms with Crippen LogP contribution in [0.1, 0.15) is 26.3 Å². The summed E-state index contributed by atoms with van der Waals surface area (Å²) >= 11 is 0.138. The van der Waals surface area contributed by atoms with Gasteiger partial charge in [-0.2, -0.15) is 0 Å². The van der Waals surface area contributed by atoms with Crippen LogP contribution in [0.25, 0.3) is 0 Å². The van der Waals surface area contributed by atoms with Crippen molar-refractivity contribution in [2.24, 2.45) is 0 Å². The number of carbonyl (C=O) groups is 1. The van der Waals surface area contributed by atoms with Crippen LogP contribution in [0.5, 0.6) is 0 Å². The molecule has 0 aliphatic heterocycles. The maximum atomic E-state index is 12.7. The molecule has 0 aromatic heterocycles. The van der Waals surface area contributed by atoms with Gasteiger partial charge in [0.1, 0.15) is 0 Å². The molecule has 0 spiro atoms. The summed E-state index contributed by atoms with van der Waals surface area (Å²) in [7, 11) is -2.15. The van der Waals surface area contributed by atoms with E-state index in [-0.39, 0.29) is 25.7 Å². The van der Waals surface area contributed by atoms with Crippen molar-refractivity contribution in [2.45, 2.75) is 49.3 Å². The standard InChI is InChI=1S/C21H27NO3SeSi/c1-20(2,3)27(4,5)21(15-23,16-26-19-9-7-6-8-10-19)17-11-13-18(14-12-17)22(24)25/h6-15H,16H2,1-5H3. The minimum atomic E-state index is -2.15. The average molecular weight is 448 g/mol. The topological polar surface area (TPSA) is 60.2 Å². The van der Waals surface area contributed by atoms with Crippen molar-refractivity contribution in [3.8, 4) is 0 Å². The fourth-order valence-corrected chi connectivity index (χ4v) is 10.7. The first kappa shape index (κ1) is 21.5. The molecule has 0 aliphatic carbocycles. The Morgan fingerprint density at radius 1 is 1.04 bits per heavy atom. The molecule has 0 aliphatic rings. The fourth-order valence-electron chi connectivity index (χ4n) is 3.14. The van der Waals surface area contributed by atoms with Crippen molar-refractivity contribution in [2.75, 3.05) is 0 Å². The summed E-state index contributed by atoms with van der Waals surface area (Å²) in [5.41, 5.74) is 0.967. The number of non-ortho nitro benzene ring substituents is 1. The van der Waals surface area contributed by atoms with Gasteiger partial charge in [-0.25, -0.2) is 0 Å². The van der Waals surface area contributed by atoms with Gasteiger partial charge in [0.25, 0.3) is 0 Å². The third-order valence-electron chi connectivity index (χ3n) is 5.99. The molecular formula is C21H27NO3SeSi. The molecule has 1 atom stereocenters. The van der Waals surface area contributed by atoms with Gasteiger partial charge in [-0.1, -0.05) is 0 Å². The van der Waals surface area contributed by atoms with Crippen LogP contribution < -0.4 is 4.46 Å². The number of hydrogen-bond acceptors (Lipinski definition) is 3. The van der Waals surface area contributed by atoms with E-state index in [1.165, 1.54) is 16.6 Å². The van der Waals surface area contributed by atoms with E-state index < -0.39 is 18.0 Å². The molecule has 0 amide bonds. The first-order valence-electron chi connectivity index (χ1n) is 8.94. The zero-order chi connectivity index (χ0) is 20.3. The molecule has 27 heavy (non-hydrogen) atoms. The number of hydrogen-bond donors (Lipinski definition) is 0. The van der Waals surface area contributed by atoms with E-state index in [2.05, 4.69) is 46.0 Å². The summed E-state index contributed by atoms with van der Waals surface area (Å²) in [5.74, 6) is 0. The average Bonchev–Trinajstić information content (AvgIpc) is 2.62. The number of benzene rings is 2. The van der Waals surface area contributed by atoms with Crippen LogP contribution in [-0.4, -0.2) is 34.2 Å². The molecule has 0 N–H and O–H groups in total. The summed E-state index contributed by atoms with van der Waals surface area (Å²) < 4.78 is 1.26. The van der Waals surface area contributed by atoms with E-state index >= 15 is 0 Å². The molecule has 0 saturated heterocycles. The Kier molecular flexibility index (Phi) is 6.45. The molecule has 1 unspecified atom stereocenters. The number of aldehydes is 1. The summed E-state index contributed by atoms with van der Waals surface area (Å²) in [6.07, 6.45) is 1.14. The Morgan fingerprint density at radius 3 is 2.04 bits per heavy atom. The second-order valence-electron chi connectivity index (χ2n) is 8.37. The van der Waals surface area contributed by atoms with Crippen LogP contribution in [0.15, 0.2) is 54.6 Å². The SMILES string of the molecule is CC(C)(C)[Si](C)(C)C(C=O)(C[Se]c1ccccc1)c1ccc([N+](=O)[O-])cc1. The maximum absolute atomic E-state index is 12.7. The van der Waals surface area contributed by atoms with Crippen LogP contribution in [-0.2, 0) is 9.83 Å². The second kappa shape index (κ2) is 8.09. The molecule has 0 fully saturated rings. The molecule has 6 heteroatoms. The third kappa shape index (κ3) is 4.23. The van der Waals surface area contributed by atoms with Crippen LogP contribution in [0.3, 0.4) is 0 Å². The second-order valence-corrected chi connectivity index (χ2v) is 16.2. The number of nitro benzene ring substituents is 1. The number of rotatable bonds is 7. The van der Waals surface area contributed by atoms with Crippen molar-refractivity contribution in [1.82, 2.24) is 0 Å². The van der Waals surface area contributed by atoms with Crippen LogP contribution >= 0.6 is 0 Å². The third-order valence-corrected chi connectivity index (χ3v) is 15.7. The van der Waals surface area contributed by atoms with Gasteiger partial charge in [0.05, 0.1) is 0 Å². The zero-order valence-corrected chi connectivity index (χ0v) is 19.3. The van der Waals surface area contributed by atoms with Crippen LogP contribution in [0.2, 0.25) is 23.5 Å². The normalized spacial score (nSPS) is 14.4. The molecule has 2 aromatic rings. The Morgan fingerprint density at radius 2 is 1.59 bits per heavy atom. The van der Waals surface area contributed by atoms with E-state index in [0.29, 0.717) is 0 Å². The molecule has 2 rings (SSSR count). The van der Waals surface area contributed by atoms with Crippen molar-refractivity contribution in [1.29, 1.82) is 0 Å². The van der Waals surface area contributed by atoms with E-state index in [1.807, 2.05) is 18.2 Å². The van der Waals surface area contributed by atoms with E-state index in [0.717, 1.165) is 17.2 Å². The van der Waals surface area contributed by atoms with E-state index in [9.17, 15) is 14.9 Å². The van der Waals surface area contributed by atoms with Gasteiger partial charge in [0, 0.05) is 0 Å². The van der Waals surface area contributed by atoms with Crippen molar-refractivity contribution in [3.05, 3.63) is 70.3 Å². The zero-order valence-electron chi connectivity index (χ0n) is 16.6. The van der Waals surface area contributed by atoms with Crippen molar-refractivity contribution >= 4 is 39.5 Å². The molecule has 0 saturated carbocycles. The van der Waals surface area contributed by atoms with Gasteiger partial charge >= 0.3 is 169 Å². The quantitative estimate of drug-likeness (QED) is 0.271. The number of carbonyl (C=O) groups excluding carboxylic acids is 1. The molecule has 0 radical (unpaired) electrons. The van der Waals surface area contributed by atoms with Gasteiger partial charge in [-0.05, 0) is 0 Å². The van der Waals surface area contributed by atoms with Gasteiger partial charge in [-0.15, -0.1) is 0 Å². The molecule has 144 valence electrons. The number of nitrogens with zero attached hydrogens (tertiary/aromatic N) is 1. The Hall–Kier alpha value is -1.75. The van der Waals surface area contributed by atoms with Gasteiger partial charge in [-0.3, -0.25) is 0 Å². The summed E-state index contributed by atoms with van der Waals surface area (Å²) in [5, 5.41) is 11.2. The van der Waals surface area contributed by atoms with Gasteiger partial charge in [0.15, 0.2) is 0 Å². The van der Waals surface area contributed by atoms with E-state index in [4.69, 9.17) is 0 Å². The van der Waals surface area contributed by atoms with Crippen LogP contribution in [0.4, 0.5) is 5.69 Å². The van der Waals surface area contributed by atoms with Crippen molar-refractivity contribution < 1.29 is 9.72 Å². The molecule has 2 aromatic carbocycles. The molecule has 0 bridgehead atoms. The Balaban J connectivity index is 2.55. The Labute approximate surface area is 168 Å². The monoisotopic (exact) mass is 449 g/mol. The van der Waals surface area contributed by atoms with E-state index in [1.54, 1.807) is 12.1 Å². The molecule has 4 nitrogen and oxygen atoms in total. The summed E-state index contributed by atoms with van der Waals surface area (Å²) in [6, 6.07) is 16.9. The molecular weight excluding hydrogens is 421 g/mol. The molecule has 0 heterocycles. The Bertz CT molecular complexity index is 800. The predicted octanol–water partition coefficient (Wildman–Crippen LogP) is 4.53. The number of nitro groups is 1. The van der Waals surface area contributed by atoms with Gasteiger partial charge < -0.3 is 0 Å². The van der Waals surface area contributed by atoms with Gasteiger partial charge in [0.2, 0.25) is 0 Å². The minimum absolute atomic E-state index is 0.00243. The van der Waals surface area contributed by atoms with Crippen molar-refractivity contribution in [3.63, 3.8) is 0 Å². The summed E-state index contributed by atoms with van der Waals surface area (Å²) in [6.45, 7) is 11.2. The first-order valence-corrected chi connectivity index (χ1v) is 14.0. The summed E-state index contributed by atoms with van der Waals surface area (Å²) in [4.78, 5) is 23.3. The first-order chi connectivity index (χ1) is 12.5.